The number of aromatic nitrogens is 2. The van der Waals surface area contributed by atoms with E-state index in [1.54, 1.807) is 0 Å². The maximum absolute atomic E-state index is 12.9. The van der Waals surface area contributed by atoms with E-state index in [0.717, 1.165) is 22.4 Å². The predicted octanol–water partition coefficient (Wildman–Crippen LogP) is 5.26. The lowest BCUT2D eigenvalue weighted by Gasteiger charge is -2.24. The average Bonchev–Trinajstić information content (AvgIpc) is 3.24. The minimum absolute atomic E-state index is 0.0914. The number of halogens is 1. The number of rotatable bonds is 3. The molecule has 0 spiro atoms. The molecule has 5 rings (SSSR count). The molecule has 0 amide bonds. The summed E-state index contributed by atoms with van der Waals surface area (Å²) >= 11 is 7.49. The third kappa shape index (κ3) is 2.91. The Morgan fingerprint density at radius 2 is 2.00 bits per heavy atom. The van der Waals surface area contributed by atoms with E-state index in [2.05, 4.69) is 41.1 Å². The third-order valence-electron chi connectivity index (χ3n) is 5.32. The lowest BCUT2D eigenvalue weighted by molar-refractivity contribution is 0.655. The van der Waals surface area contributed by atoms with Gasteiger partial charge in [-0.1, -0.05) is 41.9 Å². The molecule has 140 valence electrons. The fourth-order valence-electron chi connectivity index (χ4n) is 3.94. The molecule has 1 aliphatic rings. The molecule has 0 unspecified atom stereocenters. The van der Waals surface area contributed by atoms with E-state index in [4.69, 9.17) is 16.6 Å². The Morgan fingerprint density at radius 3 is 2.82 bits per heavy atom. The molecule has 2 aromatic carbocycles. The number of aromatic amines is 1. The Bertz CT molecular complexity index is 1230. The highest BCUT2D eigenvalue weighted by Gasteiger charge is 2.26. The summed E-state index contributed by atoms with van der Waals surface area (Å²) in [5, 5.41) is 3.32. The van der Waals surface area contributed by atoms with Crippen LogP contribution in [0, 0.1) is 0 Å². The van der Waals surface area contributed by atoms with E-state index in [-0.39, 0.29) is 5.56 Å². The van der Waals surface area contributed by atoms with Gasteiger partial charge in [0, 0.05) is 27.7 Å². The molecule has 0 aliphatic carbocycles. The number of para-hydroxylation sites is 1. The summed E-state index contributed by atoms with van der Waals surface area (Å²) in [7, 11) is 0. The zero-order valence-corrected chi connectivity index (χ0v) is 16.8. The van der Waals surface area contributed by atoms with E-state index >= 15 is 0 Å². The minimum atomic E-state index is -0.0914. The highest BCUT2D eigenvalue weighted by atomic mass is 35.5. The van der Waals surface area contributed by atoms with Crippen LogP contribution in [-0.2, 0) is 13.0 Å². The Morgan fingerprint density at radius 1 is 1.21 bits per heavy atom. The van der Waals surface area contributed by atoms with Gasteiger partial charge in [0.1, 0.15) is 10.7 Å². The number of thiophene rings is 1. The molecule has 1 atom stereocenters. The van der Waals surface area contributed by atoms with Gasteiger partial charge >= 0.3 is 0 Å². The Balaban J connectivity index is 1.53. The van der Waals surface area contributed by atoms with Crippen molar-refractivity contribution >= 4 is 38.8 Å². The lowest BCUT2D eigenvalue weighted by Crippen LogP contribution is -2.30. The van der Waals surface area contributed by atoms with Crippen LogP contribution in [0.5, 0.6) is 0 Å². The minimum Gasteiger partial charge on any atom is -0.361 e. The fraction of sp³-hybridized carbons (Fsp3) is 0.182. The number of hydrogen-bond acceptors (Lipinski definition) is 4. The Hall–Kier alpha value is -2.63. The lowest BCUT2D eigenvalue weighted by atomic mass is 10.1. The molecular weight excluding hydrogens is 390 g/mol. The molecule has 2 aromatic heterocycles. The van der Waals surface area contributed by atoms with E-state index < -0.39 is 0 Å². The SMILES string of the molecule is C[C@H]1Cc2ccccc2N1Cc1nc2scc(-c3ccc(Cl)cc3)c2c(=O)[nH]1. The molecule has 1 aliphatic heterocycles. The molecule has 3 heterocycles. The van der Waals surface area contributed by atoms with Crippen LogP contribution in [0.2, 0.25) is 5.02 Å². The molecule has 4 aromatic rings. The first-order valence-electron chi connectivity index (χ1n) is 9.21. The molecule has 0 bridgehead atoms. The van der Waals surface area contributed by atoms with Gasteiger partial charge in [-0.25, -0.2) is 4.98 Å². The van der Waals surface area contributed by atoms with Gasteiger partial charge in [0.2, 0.25) is 0 Å². The number of benzene rings is 2. The first kappa shape index (κ1) is 17.5. The van der Waals surface area contributed by atoms with Crippen LogP contribution < -0.4 is 10.5 Å². The smallest absolute Gasteiger partial charge is 0.260 e. The van der Waals surface area contributed by atoms with Crippen LogP contribution >= 0.6 is 22.9 Å². The molecule has 28 heavy (non-hydrogen) atoms. The number of H-pyrrole nitrogens is 1. The summed E-state index contributed by atoms with van der Waals surface area (Å²) in [4.78, 5) is 23.7. The normalized spacial score (nSPS) is 15.9. The third-order valence-corrected chi connectivity index (χ3v) is 6.44. The van der Waals surface area contributed by atoms with Crippen molar-refractivity contribution in [3.8, 4) is 11.1 Å². The standard InChI is InChI=1S/C22H18ClN3OS/c1-13-10-15-4-2-3-5-18(15)26(13)11-19-24-21(27)20-17(12-28-22(20)25-19)14-6-8-16(23)9-7-14/h2-9,12-13H,10-11H2,1H3,(H,24,25,27)/t13-/m0/s1. The van der Waals surface area contributed by atoms with Crippen LogP contribution in [0.15, 0.2) is 58.7 Å². The Kier molecular flexibility index (Phi) is 4.22. The van der Waals surface area contributed by atoms with Gasteiger partial charge in [-0.3, -0.25) is 4.79 Å². The second-order valence-electron chi connectivity index (χ2n) is 7.16. The van der Waals surface area contributed by atoms with Crippen LogP contribution in [0.4, 0.5) is 5.69 Å². The first-order valence-corrected chi connectivity index (χ1v) is 10.5. The first-order chi connectivity index (χ1) is 13.6. The highest BCUT2D eigenvalue weighted by molar-refractivity contribution is 7.17. The van der Waals surface area contributed by atoms with Crippen molar-refractivity contribution in [1.82, 2.24) is 9.97 Å². The predicted molar refractivity (Wildman–Crippen MR) is 116 cm³/mol. The monoisotopic (exact) mass is 407 g/mol. The van der Waals surface area contributed by atoms with Crippen LogP contribution in [0.25, 0.3) is 21.3 Å². The van der Waals surface area contributed by atoms with Crippen molar-refractivity contribution in [3.63, 3.8) is 0 Å². The van der Waals surface area contributed by atoms with Crippen molar-refractivity contribution in [1.29, 1.82) is 0 Å². The van der Waals surface area contributed by atoms with E-state index in [9.17, 15) is 4.79 Å². The summed E-state index contributed by atoms with van der Waals surface area (Å²) < 4.78 is 0. The van der Waals surface area contributed by atoms with Gasteiger partial charge in [-0.15, -0.1) is 11.3 Å². The zero-order chi connectivity index (χ0) is 19.3. The van der Waals surface area contributed by atoms with Crippen molar-refractivity contribution in [2.75, 3.05) is 4.90 Å². The summed E-state index contributed by atoms with van der Waals surface area (Å²) in [6.07, 6.45) is 1.02. The number of nitrogens with one attached hydrogen (secondary N) is 1. The number of nitrogens with zero attached hydrogens (tertiary/aromatic N) is 2. The average molecular weight is 408 g/mol. The van der Waals surface area contributed by atoms with Crippen LogP contribution in [0.3, 0.4) is 0 Å². The molecule has 0 radical (unpaired) electrons. The van der Waals surface area contributed by atoms with Gasteiger partial charge in [-0.2, -0.15) is 0 Å². The van der Waals surface area contributed by atoms with E-state index in [0.29, 0.717) is 28.8 Å². The second kappa shape index (κ2) is 6.76. The van der Waals surface area contributed by atoms with Crippen molar-refractivity contribution in [2.45, 2.75) is 25.9 Å². The quantitative estimate of drug-likeness (QED) is 0.504. The van der Waals surface area contributed by atoms with Gasteiger partial charge in [-0.05, 0) is 42.7 Å². The van der Waals surface area contributed by atoms with Gasteiger partial charge in [0.25, 0.3) is 5.56 Å². The zero-order valence-electron chi connectivity index (χ0n) is 15.3. The van der Waals surface area contributed by atoms with Crippen LogP contribution in [0.1, 0.15) is 18.3 Å². The number of fused-ring (bicyclic) bond motifs is 2. The van der Waals surface area contributed by atoms with Crippen molar-refractivity contribution in [3.05, 3.63) is 80.7 Å². The largest absolute Gasteiger partial charge is 0.361 e. The molecule has 0 saturated heterocycles. The molecule has 0 fully saturated rings. The maximum Gasteiger partial charge on any atom is 0.260 e. The number of anilines is 1. The summed E-state index contributed by atoms with van der Waals surface area (Å²) in [5.41, 5.74) is 4.35. The molecule has 0 saturated carbocycles. The summed E-state index contributed by atoms with van der Waals surface area (Å²) in [5.74, 6) is 0.700. The molecule has 1 N–H and O–H groups in total. The van der Waals surface area contributed by atoms with Crippen molar-refractivity contribution < 1.29 is 0 Å². The number of hydrogen-bond donors (Lipinski definition) is 1. The summed E-state index contributed by atoms with van der Waals surface area (Å²) in [6, 6.07) is 16.4. The van der Waals surface area contributed by atoms with Crippen molar-refractivity contribution in [2.24, 2.45) is 0 Å². The summed E-state index contributed by atoms with van der Waals surface area (Å²) in [6.45, 7) is 2.80. The van der Waals surface area contributed by atoms with E-state index in [1.807, 2.05) is 29.6 Å². The topological polar surface area (TPSA) is 49.0 Å². The maximum atomic E-state index is 12.9. The van der Waals surface area contributed by atoms with Gasteiger partial charge in [0.15, 0.2) is 0 Å². The van der Waals surface area contributed by atoms with Crippen LogP contribution in [-0.4, -0.2) is 16.0 Å². The van der Waals surface area contributed by atoms with E-state index in [1.165, 1.54) is 22.6 Å². The highest BCUT2D eigenvalue weighted by Crippen LogP contribution is 2.34. The Labute approximate surface area is 171 Å². The second-order valence-corrected chi connectivity index (χ2v) is 8.45. The molecular formula is C22H18ClN3OS. The van der Waals surface area contributed by atoms with Gasteiger partial charge < -0.3 is 9.88 Å². The fourth-order valence-corrected chi connectivity index (χ4v) is 5.03. The van der Waals surface area contributed by atoms with Gasteiger partial charge in [0.05, 0.1) is 11.9 Å². The molecule has 6 heteroatoms. The molecule has 4 nitrogen and oxygen atoms in total.